The number of aliphatic hydroxyl groups excluding tert-OH is 1. The van der Waals surface area contributed by atoms with Gasteiger partial charge in [-0.15, -0.1) is 0 Å². The Morgan fingerprint density at radius 1 is 0.708 bits per heavy atom. The Morgan fingerprint density at radius 3 is 1.38 bits per heavy atom. The quantitative estimate of drug-likeness (QED) is 0.213. The minimum absolute atomic E-state index is 0.0244. The lowest BCUT2D eigenvalue weighted by Gasteiger charge is -2.08. The van der Waals surface area contributed by atoms with E-state index in [9.17, 15) is 4.79 Å². The van der Waals surface area contributed by atoms with Crippen LogP contribution in [-0.2, 0) is 33.2 Å². The first-order valence-electron chi connectivity index (χ1n) is 8.00. The Hall–Kier alpha value is -1.03. The molecule has 0 saturated carbocycles. The number of hydrogen-bond donors (Lipinski definition) is 1. The van der Waals surface area contributed by atoms with E-state index in [0.717, 1.165) is 0 Å². The predicted octanol–water partition coefficient (Wildman–Crippen LogP) is 0.181. The van der Waals surface area contributed by atoms with E-state index in [-0.39, 0.29) is 13.2 Å². The van der Waals surface area contributed by atoms with Gasteiger partial charge in [0.1, 0.15) is 6.61 Å². The summed E-state index contributed by atoms with van der Waals surface area (Å²) in [6, 6.07) is 0. The van der Waals surface area contributed by atoms with E-state index in [1.165, 1.54) is 0 Å². The number of esters is 1. The van der Waals surface area contributed by atoms with Crippen molar-refractivity contribution in [2.24, 2.45) is 0 Å². The minimum Gasteiger partial charge on any atom is -0.460 e. The fraction of sp³-hybridized carbons (Fsp3) is 0.812. The molecule has 0 aliphatic heterocycles. The lowest BCUT2D eigenvalue weighted by Crippen LogP contribution is -2.15. The second kappa shape index (κ2) is 18.3. The van der Waals surface area contributed by atoms with Crippen LogP contribution in [0.3, 0.4) is 0 Å². The highest BCUT2D eigenvalue weighted by Crippen LogP contribution is 1.91. The van der Waals surface area contributed by atoms with Gasteiger partial charge in [0, 0.05) is 5.57 Å². The van der Waals surface area contributed by atoms with Gasteiger partial charge in [0.15, 0.2) is 0 Å². The molecule has 0 aromatic rings. The first kappa shape index (κ1) is 23.0. The average Bonchev–Trinajstić information content (AvgIpc) is 2.57. The summed E-state index contributed by atoms with van der Waals surface area (Å²) in [5.41, 5.74) is 0.374. The van der Waals surface area contributed by atoms with E-state index in [0.29, 0.717) is 71.6 Å². The van der Waals surface area contributed by atoms with E-state index in [4.69, 9.17) is 33.5 Å². The maximum absolute atomic E-state index is 11.1. The van der Waals surface area contributed by atoms with Crippen LogP contribution in [0.5, 0.6) is 0 Å². The Balaban J connectivity index is 3.05. The molecule has 0 fully saturated rings. The minimum atomic E-state index is -0.409. The molecule has 0 aromatic carbocycles. The van der Waals surface area contributed by atoms with Crippen LogP contribution in [0.2, 0.25) is 0 Å². The van der Waals surface area contributed by atoms with Crippen LogP contribution in [0.25, 0.3) is 0 Å². The highest BCUT2D eigenvalue weighted by Gasteiger charge is 2.01. The molecule has 8 heteroatoms. The molecule has 0 saturated heterocycles. The molecule has 0 rings (SSSR count). The number of ether oxygens (including phenoxy) is 6. The topological polar surface area (TPSA) is 92.7 Å². The molecule has 0 bridgehead atoms. The Labute approximate surface area is 143 Å². The normalized spacial score (nSPS) is 10.8. The van der Waals surface area contributed by atoms with Crippen LogP contribution in [0, 0.1) is 0 Å². The summed E-state index contributed by atoms with van der Waals surface area (Å²) in [7, 11) is 0. The van der Waals surface area contributed by atoms with Crippen LogP contribution in [0.1, 0.15) is 6.92 Å². The molecule has 0 aliphatic carbocycles. The molecule has 0 heterocycles. The number of hydrogen-bond acceptors (Lipinski definition) is 8. The van der Waals surface area contributed by atoms with E-state index >= 15 is 0 Å². The molecule has 1 N–H and O–H groups in total. The van der Waals surface area contributed by atoms with Crippen molar-refractivity contribution in [2.75, 3.05) is 79.3 Å². The molecular formula is C16H30O8. The summed E-state index contributed by atoms with van der Waals surface area (Å²) >= 11 is 0. The van der Waals surface area contributed by atoms with Crippen molar-refractivity contribution < 1.29 is 38.3 Å². The monoisotopic (exact) mass is 350 g/mol. The number of carbonyl (C=O) groups excluding carboxylic acids is 1. The fourth-order valence-electron chi connectivity index (χ4n) is 1.36. The summed E-state index contributed by atoms with van der Waals surface area (Å²) in [6.07, 6.45) is 0. The molecule has 0 atom stereocenters. The third kappa shape index (κ3) is 17.3. The summed E-state index contributed by atoms with van der Waals surface area (Å²) in [5.74, 6) is -0.409. The Bertz CT molecular complexity index is 308. The maximum atomic E-state index is 11.1. The molecule has 0 aliphatic rings. The van der Waals surface area contributed by atoms with Gasteiger partial charge in [-0.25, -0.2) is 4.79 Å². The molecule has 0 amide bonds. The SMILES string of the molecule is C=C(C)C(=O)OCCOCCOCCOCCOCCOCCO. The highest BCUT2D eigenvalue weighted by atomic mass is 16.6. The van der Waals surface area contributed by atoms with Crippen LogP contribution >= 0.6 is 0 Å². The lowest BCUT2D eigenvalue weighted by atomic mass is 10.4. The molecule has 24 heavy (non-hydrogen) atoms. The zero-order valence-corrected chi connectivity index (χ0v) is 14.5. The van der Waals surface area contributed by atoms with Crippen molar-refractivity contribution in [3.8, 4) is 0 Å². The van der Waals surface area contributed by atoms with E-state index in [1.54, 1.807) is 6.92 Å². The van der Waals surface area contributed by atoms with E-state index in [1.807, 2.05) is 0 Å². The van der Waals surface area contributed by atoms with Crippen molar-refractivity contribution in [1.82, 2.24) is 0 Å². The zero-order chi connectivity index (χ0) is 17.9. The number of carbonyl (C=O) groups is 1. The third-order valence-corrected chi connectivity index (χ3v) is 2.53. The first-order chi connectivity index (χ1) is 11.7. The van der Waals surface area contributed by atoms with Gasteiger partial charge in [-0.3, -0.25) is 0 Å². The molecule has 142 valence electrons. The van der Waals surface area contributed by atoms with E-state index in [2.05, 4.69) is 6.58 Å². The highest BCUT2D eigenvalue weighted by molar-refractivity contribution is 5.86. The Morgan fingerprint density at radius 2 is 1.04 bits per heavy atom. The van der Waals surface area contributed by atoms with Gasteiger partial charge in [-0.05, 0) is 6.92 Å². The van der Waals surface area contributed by atoms with Gasteiger partial charge < -0.3 is 33.5 Å². The number of rotatable bonds is 18. The zero-order valence-electron chi connectivity index (χ0n) is 14.5. The van der Waals surface area contributed by atoms with Crippen LogP contribution < -0.4 is 0 Å². The van der Waals surface area contributed by atoms with Gasteiger partial charge in [-0.2, -0.15) is 0 Å². The van der Waals surface area contributed by atoms with E-state index < -0.39 is 5.97 Å². The second-order valence-electron chi connectivity index (χ2n) is 4.70. The second-order valence-corrected chi connectivity index (χ2v) is 4.70. The van der Waals surface area contributed by atoms with Gasteiger partial charge in [-0.1, -0.05) is 6.58 Å². The first-order valence-corrected chi connectivity index (χ1v) is 8.00. The van der Waals surface area contributed by atoms with Crippen LogP contribution in [0.4, 0.5) is 0 Å². The largest absolute Gasteiger partial charge is 0.460 e. The molecule has 0 unspecified atom stereocenters. The number of aliphatic hydroxyl groups is 1. The van der Waals surface area contributed by atoms with Gasteiger partial charge in [0.25, 0.3) is 0 Å². The van der Waals surface area contributed by atoms with Crippen molar-refractivity contribution in [1.29, 1.82) is 0 Å². The maximum Gasteiger partial charge on any atom is 0.333 e. The van der Waals surface area contributed by atoms with Gasteiger partial charge in [0.2, 0.25) is 0 Å². The standard InChI is InChI=1S/C16H30O8/c1-15(2)16(18)24-14-13-23-12-11-22-10-9-21-8-7-20-6-5-19-4-3-17/h17H,1,3-14H2,2H3. The van der Waals surface area contributed by atoms with Crippen LogP contribution in [-0.4, -0.2) is 90.4 Å². The van der Waals surface area contributed by atoms with Crippen molar-refractivity contribution >= 4 is 5.97 Å². The Kier molecular flexibility index (Phi) is 17.5. The molecule has 0 radical (unpaired) electrons. The third-order valence-electron chi connectivity index (χ3n) is 2.53. The molecular weight excluding hydrogens is 320 g/mol. The molecule has 0 spiro atoms. The molecule has 8 nitrogen and oxygen atoms in total. The van der Waals surface area contributed by atoms with Crippen LogP contribution in [0.15, 0.2) is 12.2 Å². The predicted molar refractivity (Wildman–Crippen MR) is 87.0 cm³/mol. The average molecular weight is 350 g/mol. The van der Waals surface area contributed by atoms with Crippen molar-refractivity contribution in [3.05, 3.63) is 12.2 Å². The van der Waals surface area contributed by atoms with Crippen molar-refractivity contribution in [2.45, 2.75) is 6.92 Å². The van der Waals surface area contributed by atoms with Crippen molar-refractivity contribution in [3.63, 3.8) is 0 Å². The fourth-order valence-corrected chi connectivity index (χ4v) is 1.36. The van der Waals surface area contributed by atoms with Gasteiger partial charge in [0.05, 0.1) is 72.7 Å². The summed E-state index contributed by atoms with van der Waals surface area (Å²) in [6.45, 7) is 9.77. The summed E-state index contributed by atoms with van der Waals surface area (Å²) in [5, 5.41) is 8.49. The van der Waals surface area contributed by atoms with Gasteiger partial charge >= 0.3 is 5.97 Å². The molecule has 0 aromatic heterocycles. The smallest absolute Gasteiger partial charge is 0.333 e. The summed E-state index contributed by atoms with van der Waals surface area (Å²) in [4.78, 5) is 11.1. The lowest BCUT2D eigenvalue weighted by molar-refractivity contribution is -0.140. The summed E-state index contributed by atoms with van der Waals surface area (Å²) < 4.78 is 31.0.